The van der Waals surface area contributed by atoms with Gasteiger partial charge in [0.25, 0.3) is 0 Å². The first kappa shape index (κ1) is 14.4. The lowest BCUT2D eigenvalue weighted by Crippen LogP contribution is -2.33. The summed E-state index contributed by atoms with van der Waals surface area (Å²) >= 11 is 0. The molecule has 0 radical (unpaired) electrons. The molecule has 0 spiro atoms. The Morgan fingerprint density at radius 1 is 1.00 bits per heavy atom. The minimum Gasteiger partial charge on any atom is -0.462 e. The highest BCUT2D eigenvalue weighted by Gasteiger charge is 2.33. The van der Waals surface area contributed by atoms with Crippen LogP contribution in [0, 0.1) is 17.8 Å². The summed E-state index contributed by atoms with van der Waals surface area (Å²) in [6, 6.07) is 0. The summed E-state index contributed by atoms with van der Waals surface area (Å²) in [6.07, 6.45) is 12.4. The second-order valence-corrected chi connectivity index (χ2v) is 7.27. The average Bonchev–Trinajstić information content (AvgIpc) is 2.44. The van der Waals surface area contributed by atoms with E-state index in [0.717, 1.165) is 24.2 Å². The molecule has 1 saturated heterocycles. The number of carbonyl (C=O) groups is 1. The largest absolute Gasteiger partial charge is 0.462 e. The highest BCUT2D eigenvalue weighted by molar-refractivity contribution is 5.70. The first-order chi connectivity index (χ1) is 9.70. The number of esters is 1. The van der Waals surface area contributed by atoms with Crippen LogP contribution in [0.1, 0.15) is 70.6 Å². The number of rotatable bonds is 3. The molecule has 3 rings (SSSR count). The van der Waals surface area contributed by atoms with Crippen molar-refractivity contribution < 1.29 is 14.6 Å². The number of fused-ring (bicyclic) bond motifs is 1. The third-order valence-corrected chi connectivity index (χ3v) is 5.78. The molecule has 5 atom stereocenters. The minimum atomic E-state index is -0.477. The van der Waals surface area contributed by atoms with E-state index in [1.165, 1.54) is 51.4 Å². The third kappa shape index (κ3) is 3.55. The average molecular weight is 280 g/mol. The van der Waals surface area contributed by atoms with Gasteiger partial charge in [-0.1, -0.05) is 32.1 Å². The van der Waals surface area contributed by atoms with Crippen molar-refractivity contribution in [3.63, 3.8) is 0 Å². The van der Waals surface area contributed by atoms with E-state index in [2.05, 4.69) is 0 Å². The van der Waals surface area contributed by atoms with Crippen molar-refractivity contribution in [3.05, 3.63) is 0 Å². The monoisotopic (exact) mass is 280 g/mol. The Balaban J connectivity index is 1.43. The fourth-order valence-corrected chi connectivity index (χ4v) is 4.69. The molecular formula is C17H28O3. The summed E-state index contributed by atoms with van der Waals surface area (Å²) in [5.74, 6) is 2.59. The number of hydrogen-bond donors (Lipinski definition) is 1. The van der Waals surface area contributed by atoms with Gasteiger partial charge in [0.05, 0.1) is 12.5 Å². The zero-order chi connectivity index (χ0) is 13.9. The Kier molecular flexibility index (Phi) is 4.65. The Hall–Kier alpha value is -0.570. The topological polar surface area (TPSA) is 46.5 Å². The summed E-state index contributed by atoms with van der Waals surface area (Å²) in [5.41, 5.74) is 0. The van der Waals surface area contributed by atoms with Gasteiger partial charge in [0.2, 0.25) is 0 Å². The van der Waals surface area contributed by atoms with E-state index in [9.17, 15) is 9.90 Å². The molecule has 0 bridgehead atoms. The molecule has 0 amide bonds. The van der Waals surface area contributed by atoms with Crippen molar-refractivity contribution in [2.45, 2.75) is 82.8 Å². The fraction of sp³-hybridized carbons (Fsp3) is 0.941. The van der Waals surface area contributed by atoms with Gasteiger partial charge in [0.1, 0.15) is 6.10 Å². The molecule has 1 aliphatic heterocycles. The molecule has 0 aromatic carbocycles. The van der Waals surface area contributed by atoms with E-state index in [1.54, 1.807) is 0 Å². The van der Waals surface area contributed by atoms with Gasteiger partial charge in [-0.05, 0) is 43.4 Å². The molecule has 3 fully saturated rings. The first-order valence-corrected chi connectivity index (χ1v) is 8.58. The van der Waals surface area contributed by atoms with Gasteiger partial charge in [-0.3, -0.25) is 4.79 Å². The van der Waals surface area contributed by atoms with Gasteiger partial charge in [-0.2, -0.15) is 0 Å². The quantitative estimate of drug-likeness (QED) is 0.806. The molecule has 2 saturated carbocycles. The molecule has 114 valence electrons. The highest BCUT2D eigenvalue weighted by atomic mass is 16.5. The standard InChI is InChI=1S/C17H28O3/c18-15-10-16(20-17(19)11-15)8-6-12-5-7-13-3-1-2-4-14(13)9-12/h12-16,18H,1-11H2/t12-,13+,14+,15+,16?/m0/s1. The van der Waals surface area contributed by atoms with Gasteiger partial charge in [0, 0.05) is 6.42 Å². The van der Waals surface area contributed by atoms with Crippen molar-refractivity contribution >= 4 is 5.97 Å². The fourth-order valence-electron chi connectivity index (χ4n) is 4.69. The van der Waals surface area contributed by atoms with E-state index < -0.39 is 6.10 Å². The molecule has 2 aliphatic carbocycles. The third-order valence-electron chi connectivity index (χ3n) is 5.78. The van der Waals surface area contributed by atoms with Crippen LogP contribution in [-0.4, -0.2) is 23.3 Å². The molecule has 3 aliphatic rings. The zero-order valence-corrected chi connectivity index (χ0v) is 12.4. The lowest BCUT2D eigenvalue weighted by atomic mass is 9.66. The van der Waals surface area contributed by atoms with Crippen molar-refractivity contribution in [2.24, 2.45) is 17.8 Å². The molecule has 3 nitrogen and oxygen atoms in total. The Morgan fingerprint density at radius 2 is 1.80 bits per heavy atom. The molecule has 0 aromatic rings. The summed E-state index contributed by atoms with van der Waals surface area (Å²) in [5, 5.41) is 9.64. The molecule has 0 aromatic heterocycles. The van der Waals surface area contributed by atoms with E-state index in [0.29, 0.717) is 6.42 Å². The summed E-state index contributed by atoms with van der Waals surface area (Å²) in [4.78, 5) is 11.3. The van der Waals surface area contributed by atoms with E-state index in [1.807, 2.05) is 0 Å². The number of ether oxygens (including phenoxy) is 1. The van der Waals surface area contributed by atoms with Crippen LogP contribution in [0.25, 0.3) is 0 Å². The Labute approximate surface area is 122 Å². The van der Waals surface area contributed by atoms with Crippen molar-refractivity contribution in [3.8, 4) is 0 Å². The van der Waals surface area contributed by atoms with Gasteiger partial charge in [0.15, 0.2) is 0 Å². The molecule has 1 heterocycles. The van der Waals surface area contributed by atoms with E-state index in [4.69, 9.17) is 4.74 Å². The molecule has 1 N–H and O–H groups in total. The van der Waals surface area contributed by atoms with Crippen LogP contribution >= 0.6 is 0 Å². The smallest absolute Gasteiger partial charge is 0.308 e. The molecule has 1 unspecified atom stereocenters. The van der Waals surface area contributed by atoms with Crippen LogP contribution in [0.2, 0.25) is 0 Å². The van der Waals surface area contributed by atoms with E-state index >= 15 is 0 Å². The summed E-state index contributed by atoms with van der Waals surface area (Å²) in [7, 11) is 0. The second kappa shape index (κ2) is 6.46. The maximum Gasteiger partial charge on any atom is 0.308 e. The number of cyclic esters (lactones) is 1. The highest BCUT2D eigenvalue weighted by Crippen LogP contribution is 2.44. The molecule has 3 heteroatoms. The number of hydrogen-bond acceptors (Lipinski definition) is 3. The number of aliphatic hydroxyl groups is 1. The second-order valence-electron chi connectivity index (χ2n) is 7.27. The summed E-state index contributed by atoms with van der Waals surface area (Å²) < 4.78 is 5.36. The zero-order valence-electron chi connectivity index (χ0n) is 12.4. The predicted molar refractivity (Wildman–Crippen MR) is 77.1 cm³/mol. The van der Waals surface area contributed by atoms with Gasteiger partial charge in [-0.25, -0.2) is 0 Å². The molecular weight excluding hydrogens is 252 g/mol. The van der Waals surface area contributed by atoms with Crippen LogP contribution in [0.5, 0.6) is 0 Å². The SMILES string of the molecule is O=C1C[C@H](O)CC(CC[C@@H]2CC[C@H]3CCCC[C@@H]3C2)O1. The first-order valence-electron chi connectivity index (χ1n) is 8.58. The van der Waals surface area contributed by atoms with Gasteiger partial charge in [-0.15, -0.1) is 0 Å². The van der Waals surface area contributed by atoms with Gasteiger partial charge >= 0.3 is 5.97 Å². The minimum absolute atomic E-state index is 0.0321. The van der Waals surface area contributed by atoms with Gasteiger partial charge < -0.3 is 9.84 Å². The van der Waals surface area contributed by atoms with Crippen LogP contribution in [0.15, 0.2) is 0 Å². The van der Waals surface area contributed by atoms with Crippen molar-refractivity contribution in [1.29, 1.82) is 0 Å². The molecule has 20 heavy (non-hydrogen) atoms. The Bertz CT molecular complexity index is 341. The lowest BCUT2D eigenvalue weighted by molar-refractivity contribution is -0.160. The summed E-state index contributed by atoms with van der Waals surface area (Å²) in [6.45, 7) is 0. The number of aliphatic hydroxyl groups excluding tert-OH is 1. The maximum absolute atomic E-state index is 11.3. The van der Waals surface area contributed by atoms with Crippen molar-refractivity contribution in [2.75, 3.05) is 0 Å². The normalized spacial score (nSPS) is 41.9. The van der Waals surface area contributed by atoms with Crippen LogP contribution in [-0.2, 0) is 9.53 Å². The maximum atomic E-state index is 11.3. The van der Waals surface area contributed by atoms with Crippen molar-refractivity contribution in [1.82, 2.24) is 0 Å². The van der Waals surface area contributed by atoms with Crippen LogP contribution in [0.4, 0.5) is 0 Å². The predicted octanol–water partition coefficient (Wildman–Crippen LogP) is 3.44. The lowest BCUT2D eigenvalue weighted by Gasteiger charge is -2.39. The Morgan fingerprint density at radius 3 is 2.60 bits per heavy atom. The van der Waals surface area contributed by atoms with E-state index in [-0.39, 0.29) is 18.5 Å². The van der Waals surface area contributed by atoms with Crippen LogP contribution in [0.3, 0.4) is 0 Å². The van der Waals surface area contributed by atoms with Crippen LogP contribution < -0.4 is 0 Å². The number of carbonyl (C=O) groups excluding carboxylic acids is 1.